The smallest absolute Gasteiger partial charge is 0.0201 e. The zero-order chi connectivity index (χ0) is 8.04. The number of hydrogen-bond donors (Lipinski definition) is 0. The van der Waals surface area contributed by atoms with Gasteiger partial charge >= 0.3 is 0 Å². The predicted octanol–water partition coefficient (Wildman–Crippen LogP) is 4.12. The van der Waals surface area contributed by atoms with Gasteiger partial charge in [0, 0.05) is 9.65 Å². The molecule has 0 fully saturated rings. The fourth-order valence-corrected chi connectivity index (χ4v) is 1.49. The van der Waals surface area contributed by atoms with Crippen LogP contribution in [0.2, 0.25) is 0 Å². The Morgan fingerprint density at radius 2 is 1.70 bits per heavy atom. The first-order chi connectivity index (χ1) is 4.56. The Morgan fingerprint density at radius 3 is 2.10 bits per heavy atom. The second-order valence-corrected chi connectivity index (χ2v) is 6.16. The zero-order valence-electron chi connectivity index (χ0n) is 6.79. The van der Waals surface area contributed by atoms with E-state index in [-0.39, 0.29) is 0 Å². The van der Waals surface area contributed by atoms with Crippen molar-refractivity contribution in [3.8, 4) is 0 Å². The molecule has 0 atom stereocenters. The molecule has 2 heteroatoms. The molecule has 0 aromatic heterocycles. The van der Waals surface area contributed by atoms with E-state index in [1.165, 1.54) is 25.7 Å². The number of rotatable bonds is 5. The van der Waals surface area contributed by atoms with Crippen molar-refractivity contribution >= 4 is 31.9 Å². The van der Waals surface area contributed by atoms with Gasteiger partial charge in [0.15, 0.2) is 0 Å². The molecule has 10 heavy (non-hydrogen) atoms. The van der Waals surface area contributed by atoms with Gasteiger partial charge in [0.1, 0.15) is 0 Å². The first-order valence-corrected chi connectivity index (χ1v) is 5.72. The topological polar surface area (TPSA) is 0 Å². The number of unbranched alkanes of at least 4 members (excludes halogenated alkanes) is 2. The normalized spacial score (nSPS) is 12.0. The van der Waals surface area contributed by atoms with Gasteiger partial charge in [-0.2, -0.15) is 0 Å². The molecule has 0 saturated carbocycles. The summed E-state index contributed by atoms with van der Waals surface area (Å²) in [4.78, 5) is 0. The van der Waals surface area contributed by atoms with Gasteiger partial charge in [-0.25, -0.2) is 0 Å². The van der Waals surface area contributed by atoms with E-state index in [4.69, 9.17) is 0 Å². The van der Waals surface area contributed by atoms with Crippen LogP contribution in [0.3, 0.4) is 0 Å². The van der Waals surface area contributed by atoms with E-state index in [1.54, 1.807) is 0 Å². The fraction of sp³-hybridized carbons (Fsp3) is 1.00. The van der Waals surface area contributed by atoms with Crippen LogP contribution >= 0.6 is 31.9 Å². The highest BCUT2D eigenvalue weighted by Gasteiger charge is 2.10. The maximum atomic E-state index is 3.62. The Kier molecular flexibility index (Phi) is 6.13. The molecule has 0 saturated heterocycles. The van der Waals surface area contributed by atoms with Crippen LogP contribution in [0.1, 0.15) is 39.5 Å². The summed E-state index contributed by atoms with van der Waals surface area (Å²) in [6, 6.07) is 0. The monoisotopic (exact) mass is 270 g/mol. The Hall–Kier alpha value is 0.960. The minimum Gasteiger partial charge on any atom is -0.0928 e. The van der Waals surface area contributed by atoms with Gasteiger partial charge in [-0.1, -0.05) is 58.5 Å². The van der Waals surface area contributed by atoms with E-state index in [0.29, 0.717) is 4.32 Å². The third kappa shape index (κ3) is 8.96. The molecule has 0 aliphatic heterocycles. The summed E-state index contributed by atoms with van der Waals surface area (Å²) in [5.74, 6) is 0. The summed E-state index contributed by atoms with van der Waals surface area (Å²) in [5.41, 5.74) is 0. The van der Waals surface area contributed by atoms with Crippen LogP contribution in [0.15, 0.2) is 0 Å². The summed E-state index contributed by atoms with van der Waals surface area (Å²) in [7, 11) is 0. The molecule has 0 bridgehead atoms. The van der Waals surface area contributed by atoms with Crippen LogP contribution < -0.4 is 0 Å². The predicted molar refractivity (Wildman–Crippen MR) is 55.3 cm³/mol. The van der Waals surface area contributed by atoms with E-state index < -0.39 is 0 Å². The maximum Gasteiger partial charge on any atom is 0.0201 e. The fourth-order valence-electron chi connectivity index (χ4n) is 0.817. The SMILES string of the molecule is CC(C)(Br)CCCCCBr. The maximum absolute atomic E-state index is 3.62. The number of alkyl halides is 2. The highest BCUT2D eigenvalue weighted by molar-refractivity contribution is 9.10. The second kappa shape index (κ2) is 5.59. The summed E-state index contributed by atoms with van der Waals surface area (Å²) in [5, 5.41) is 1.15. The Morgan fingerprint density at radius 1 is 1.10 bits per heavy atom. The number of hydrogen-bond acceptors (Lipinski definition) is 0. The van der Waals surface area contributed by atoms with Crippen molar-refractivity contribution in [3.05, 3.63) is 0 Å². The van der Waals surface area contributed by atoms with Gasteiger partial charge in [-0.05, 0) is 12.8 Å². The molecule has 0 nitrogen and oxygen atoms in total. The van der Waals surface area contributed by atoms with Gasteiger partial charge in [0.2, 0.25) is 0 Å². The van der Waals surface area contributed by atoms with E-state index in [9.17, 15) is 0 Å². The van der Waals surface area contributed by atoms with E-state index in [0.717, 1.165) is 5.33 Å². The van der Waals surface area contributed by atoms with Crippen LogP contribution in [0.25, 0.3) is 0 Å². The lowest BCUT2D eigenvalue weighted by Crippen LogP contribution is -2.08. The number of halogens is 2. The Labute approximate surface area is 81.0 Å². The minimum atomic E-state index is 0.347. The van der Waals surface area contributed by atoms with E-state index >= 15 is 0 Å². The molecule has 0 rings (SSSR count). The van der Waals surface area contributed by atoms with E-state index in [1.807, 2.05) is 0 Å². The van der Waals surface area contributed by atoms with Crippen LogP contribution in [-0.4, -0.2) is 9.65 Å². The van der Waals surface area contributed by atoms with Crippen molar-refractivity contribution in [1.29, 1.82) is 0 Å². The molecule has 0 aliphatic rings. The second-order valence-electron chi connectivity index (χ2n) is 3.22. The molecule has 0 aromatic rings. The summed E-state index contributed by atoms with van der Waals surface area (Å²) in [6.07, 6.45) is 5.27. The highest BCUT2D eigenvalue weighted by Crippen LogP contribution is 2.23. The van der Waals surface area contributed by atoms with Crippen LogP contribution in [0.4, 0.5) is 0 Å². The highest BCUT2D eigenvalue weighted by atomic mass is 79.9. The quantitative estimate of drug-likeness (QED) is 0.521. The first kappa shape index (κ1) is 11.0. The lowest BCUT2D eigenvalue weighted by atomic mass is 10.1. The summed E-state index contributed by atoms with van der Waals surface area (Å²) in [6.45, 7) is 4.45. The van der Waals surface area contributed by atoms with Gasteiger partial charge in [-0.3, -0.25) is 0 Å². The van der Waals surface area contributed by atoms with E-state index in [2.05, 4.69) is 45.7 Å². The molecule has 0 heterocycles. The van der Waals surface area contributed by atoms with Gasteiger partial charge in [0.25, 0.3) is 0 Å². The van der Waals surface area contributed by atoms with Crippen molar-refractivity contribution in [1.82, 2.24) is 0 Å². The largest absolute Gasteiger partial charge is 0.0928 e. The van der Waals surface area contributed by atoms with Crippen molar-refractivity contribution in [2.45, 2.75) is 43.9 Å². The Bertz CT molecular complexity index is 73.8. The van der Waals surface area contributed by atoms with Crippen LogP contribution in [-0.2, 0) is 0 Å². The van der Waals surface area contributed by atoms with Crippen molar-refractivity contribution < 1.29 is 0 Å². The third-order valence-electron chi connectivity index (χ3n) is 1.40. The molecular weight excluding hydrogens is 256 g/mol. The third-order valence-corrected chi connectivity index (χ3v) is 2.36. The van der Waals surface area contributed by atoms with Gasteiger partial charge in [0.05, 0.1) is 0 Å². The summed E-state index contributed by atoms with van der Waals surface area (Å²) < 4.78 is 0.347. The average molecular weight is 272 g/mol. The van der Waals surface area contributed by atoms with Crippen molar-refractivity contribution in [3.63, 3.8) is 0 Å². The molecule has 0 unspecified atom stereocenters. The molecule has 0 aromatic carbocycles. The van der Waals surface area contributed by atoms with Gasteiger partial charge in [-0.15, -0.1) is 0 Å². The average Bonchev–Trinajstić information content (AvgIpc) is 1.78. The van der Waals surface area contributed by atoms with Crippen LogP contribution in [0.5, 0.6) is 0 Å². The first-order valence-electron chi connectivity index (χ1n) is 3.81. The molecule has 0 aliphatic carbocycles. The van der Waals surface area contributed by atoms with Crippen LogP contribution in [0, 0.1) is 0 Å². The zero-order valence-corrected chi connectivity index (χ0v) is 9.96. The molecule has 62 valence electrons. The Balaban J connectivity index is 3.04. The van der Waals surface area contributed by atoms with Gasteiger partial charge < -0.3 is 0 Å². The lowest BCUT2D eigenvalue weighted by molar-refractivity contribution is 0.584. The molecule has 0 radical (unpaired) electrons. The standard InChI is InChI=1S/C8H16Br2/c1-8(2,10)6-4-3-5-7-9/h3-7H2,1-2H3. The molecule has 0 N–H and O–H groups in total. The summed E-state index contributed by atoms with van der Waals surface area (Å²) >= 11 is 7.04. The molecule has 0 amide bonds. The lowest BCUT2D eigenvalue weighted by Gasteiger charge is -2.14. The minimum absolute atomic E-state index is 0.347. The van der Waals surface area contributed by atoms with Crippen molar-refractivity contribution in [2.75, 3.05) is 5.33 Å². The van der Waals surface area contributed by atoms with Crippen molar-refractivity contribution in [2.24, 2.45) is 0 Å². The molecule has 0 spiro atoms. The molecular formula is C8H16Br2.